The van der Waals surface area contributed by atoms with Gasteiger partial charge < -0.3 is 0 Å². The molecule has 0 aliphatic rings. The second-order valence-electron chi connectivity index (χ2n) is 5.87. The van der Waals surface area contributed by atoms with Gasteiger partial charge >= 0.3 is 0 Å². The third-order valence-electron chi connectivity index (χ3n) is 4.01. The van der Waals surface area contributed by atoms with Crippen LogP contribution in [-0.2, 0) is 14.3 Å². The van der Waals surface area contributed by atoms with E-state index >= 15 is 0 Å². The van der Waals surface area contributed by atoms with Gasteiger partial charge in [0.15, 0.2) is 0 Å². The Balaban J connectivity index is 0.00000288. The zero-order valence-corrected chi connectivity index (χ0v) is 18.8. The number of hydrogen-bond acceptors (Lipinski definition) is 3. The first-order valence-corrected chi connectivity index (χ1v) is 9.93. The van der Waals surface area contributed by atoms with Crippen LogP contribution in [0.1, 0.15) is 51.9 Å². The molecule has 0 amide bonds. The molecular weight excluding hydrogens is 347 g/mol. The van der Waals surface area contributed by atoms with E-state index in [1.54, 1.807) is 12.1 Å². The predicted molar refractivity (Wildman–Crippen MR) is 101 cm³/mol. The van der Waals surface area contributed by atoms with Gasteiger partial charge in [0.25, 0.3) is 10.1 Å². The minimum Gasteiger partial charge on any atom is -0.266 e. The average molecular weight is 374 g/mol. The normalized spacial score (nSPS) is 11.4. The van der Waals surface area contributed by atoms with Gasteiger partial charge in [-0.05, 0) is 17.9 Å². The molecule has 0 fully saturated rings. The Kier molecular flexibility index (Phi) is 10.9. The quantitative estimate of drug-likeness (QED) is 0.337. The van der Waals surface area contributed by atoms with E-state index in [0.29, 0.717) is 0 Å². The summed E-state index contributed by atoms with van der Waals surface area (Å²) in [7, 11) is -3.69. The molecule has 0 heterocycles. The zero-order chi connectivity index (χ0) is 16.5. The van der Waals surface area contributed by atoms with Crippen molar-refractivity contribution < 1.29 is 12.6 Å². The molecule has 0 aliphatic heterocycles. The third kappa shape index (κ3) is 6.87. The molecule has 0 aromatic heterocycles. The summed E-state index contributed by atoms with van der Waals surface area (Å²) in [4.78, 5) is 0.263. The van der Waals surface area contributed by atoms with Gasteiger partial charge in [0.1, 0.15) is 4.90 Å². The van der Waals surface area contributed by atoms with Crippen LogP contribution in [0, 0.1) is 0 Å². The maximum Gasteiger partial charge on any atom is 0.297 e. The fourth-order valence-corrected chi connectivity index (χ4v) is 3.87. The van der Waals surface area contributed by atoms with Crippen molar-refractivity contribution in [2.24, 2.45) is 0 Å². The summed E-state index contributed by atoms with van der Waals surface area (Å²) in [5.41, 5.74) is 0. The van der Waals surface area contributed by atoms with Gasteiger partial charge in [-0.1, -0.05) is 81.8 Å². The summed E-state index contributed by atoms with van der Waals surface area (Å²) in [6.45, 7) is 2.46. The molecule has 0 aliphatic carbocycles. The van der Waals surface area contributed by atoms with Crippen molar-refractivity contribution in [3.8, 4) is 0 Å². The molecule has 2 rings (SSSR count). The summed E-state index contributed by atoms with van der Waals surface area (Å²) in [6.07, 6.45) is 7.98. The number of unbranched alkanes of at least 4 members (excludes halogenated alkanes) is 6. The first kappa shape index (κ1) is 22.3. The second kappa shape index (κ2) is 11.8. The van der Waals surface area contributed by atoms with Crippen molar-refractivity contribution in [2.45, 2.75) is 56.8 Å². The molecule has 0 N–H and O–H groups in total. The topological polar surface area (TPSA) is 43.4 Å². The van der Waals surface area contributed by atoms with Crippen molar-refractivity contribution in [2.75, 3.05) is 6.61 Å². The summed E-state index contributed by atoms with van der Waals surface area (Å²) >= 11 is 0. The Morgan fingerprint density at radius 3 is 2.21 bits per heavy atom. The van der Waals surface area contributed by atoms with Gasteiger partial charge in [0, 0.05) is 56.8 Å². The first-order valence-electron chi connectivity index (χ1n) is 8.52. The molecule has 1 radical (unpaired) electrons. The molecule has 0 saturated carbocycles. The van der Waals surface area contributed by atoms with Crippen molar-refractivity contribution in [3.05, 3.63) is 42.5 Å². The van der Waals surface area contributed by atoms with Gasteiger partial charge in [0.2, 0.25) is 0 Å². The molecule has 0 saturated heterocycles. The van der Waals surface area contributed by atoms with E-state index in [-0.39, 0.29) is 62.9 Å². The van der Waals surface area contributed by atoms with Crippen molar-refractivity contribution >= 4 is 72.3 Å². The van der Waals surface area contributed by atoms with Gasteiger partial charge in [-0.25, -0.2) is 0 Å². The Labute approximate surface area is 188 Å². The van der Waals surface area contributed by atoms with Gasteiger partial charge in [-0.3, -0.25) is 4.18 Å². The number of rotatable bonds is 10. The molecule has 0 atom stereocenters. The van der Waals surface area contributed by atoms with E-state index in [9.17, 15) is 8.42 Å². The molecule has 2 aromatic carbocycles. The molecule has 0 bridgehead atoms. The summed E-state index contributed by atoms with van der Waals surface area (Å²) in [6, 6.07) is 12.7. The average Bonchev–Trinajstić information content (AvgIpc) is 2.56. The Morgan fingerprint density at radius 2 is 1.46 bits per heavy atom. The van der Waals surface area contributed by atoms with Crippen LogP contribution in [0.5, 0.6) is 0 Å². The predicted octanol–water partition coefficient (Wildman–Crippen LogP) is 4.91. The van der Waals surface area contributed by atoms with Gasteiger partial charge in [-0.15, -0.1) is 0 Å². The second-order valence-corrected chi connectivity index (χ2v) is 7.46. The monoisotopic (exact) mass is 373 g/mol. The molecule has 127 valence electrons. The summed E-state index contributed by atoms with van der Waals surface area (Å²) < 4.78 is 30.0. The summed E-state index contributed by atoms with van der Waals surface area (Å²) in [5, 5.41) is 1.63. The maximum atomic E-state index is 12.4. The maximum absolute atomic E-state index is 12.4. The minimum atomic E-state index is -3.69. The van der Waals surface area contributed by atoms with Crippen LogP contribution in [0.4, 0.5) is 0 Å². The van der Waals surface area contributed by atoms with Gasteiger partial charge in [-0.2, -0.15) is 8.42 Å². The Hall–Kier alpha value is 0.246. The largest absolute Gasteiger partial charge is 0.297 e. The van der Waals surface area contributed by atoms with Crippen LogP contribution in [-0.4, -0.2) is 66.4 Å². The summed E-state index contributed by atoms with van der Waals surface area (Å²) in [5.74, 6) is 0. The van der Waals surface area contributed by atoms with E-state index in [2.05, 4.69) is 6.92 Å². The fraction of sp³-hybridized carbons (Fsp3) is 0.474. The van der Waals surface area contributed by atoms with E-state index in [1.807, 2.05) is 30.3 Å². The molecular formula is C19H26KO3S. The van der Waals surface area contributed by atoms with Crippen LogP contribution >= 0.6 is 0 Å². The first-order chi connectivity index (χ1) is 11.1. The van der Waals surface area contributed by atoms with Gasteiger partial charge in [0.05, 0.1) is 6.61 Å². The van der Waals surface area contributed by atoms with Crippen LogP contribution in [0.2, 0.25) is 0 Å². The fourth-order valence-electron chi connectivity index (χ4n) is 2.70. The number of hydrogen-bond donors (Lipinski definition) is 0. The smallest absolute Gasteiger partial charge is 0.266 e. The van der Waals surface area contributed by atoms with Crippen molar-refractivity contribution in [1.82, 2.24) is 0 Å². The van der Waals surface area contributed by atoms with Crippen LogP contribution in [0.25, 0.3) is 10.8 Å². The van der Waals surface area contributed by atoms with Crippen LogP contribution in [0.15, 0.2) is 47.4 Å². The van der Waals surface area contributed by atoms with E-state index in [1.165, 1.54) is 25.7 Å². The molecule has 5 heteroatoms. The standard InChI is InChI=1S/C19H26O3S.K/c1-2-3-4-5-6-7-10-16-22-23(20,21)19-15-11-13-17-12-8-9-14-18(17)19;/h8-9,11-15H,2-7,10,16H2,1H3;. The van der Waals surface area contributed by atoms with Crippen molar-refractivity contribution in [1.29, 1.82) is 0 Å². The van der Waals surface area contributed by atoms with Crippen LogP contribution in [0.3, 0.4) is 0 Å². The number of fused-ring (bicyclic) bond motifs is 1. The molecule has 3 nitrogen and oxygen atoms in total. The van der Waals surface area contributed by atoms with E-state index < -0.39 is 10.1 Å². The van der Waals surface area contributed by atoms with Crippen LogP contribution < -0.4 is 0 Å². The Morgan fingerprint density at radius 1 is 0.833 bits per heavy atom. The zero-order valence-electron chi connectivity index (χ0n) is 14.8. The third-order valence-corrected chi connectivity index (χ3v) is 5.38. The Bertz CT molecular complexity index is 708. The molecule has 0 spiro atoms. The molecule has 2 aromatic rings. The van der Waals surface area contributed by atoms with E-state index in [4.69, 9.17) is 4.18 Å². The molecule has 0 unspecified atom stereocenters. The minimum absolute atomic E-state index is 0. The SMILES string of the molecule is CCCCCCCCCOS(=O)(=O)c1cccc2ccccc12.[K]. The van der Waals surface area contributed by atoms with Crippen molar-refractivity contribution in [3.63, 3.8) is 0 Å². The number of benzene rings is 2. The molecule has 24 heavy (non-hydrogen) atoms. The van der Waals surface area contributed by atoms with E-state index in [0.717, 1.165) is 30.0 Å².